The molecule has 0 aromatic carbocycles. The summed E-state index contributed by atoms with van der Waals surface area (Å²) in [6.07, 6.45) is 0. The third kappa shape index (κ3) is 8.93. The van der Waals surface area contributed by atoms with Gasteiger partial charge in [-0.05, 0) is 0 Å². The van der Waals surface area contributed by atoms with Gasteiger partial charge in [0.05, 0.1) is 0 Å². The van der Waals surface area contributed by atoms with Crippen molar-refractivity contribution in [1.29, 1.82) is 0 Å². The van der Waals surface area contributed by atoms with Crippen LogP contribution in [0.3, 0.4) is 0 Å². The molecule has 0 spiro atoms. The molecule has 0 fully saturated rings. The van der Waals surface area contributed by atoms with Gasteiger partial charge >= 0.3 is 66.6 Å². The molecule has 1 nitrogen and oxygen atoms in total. The topological polar surface area (TPSA) is 17.1 Å². The molecule has 4 heavy (non-hydrogen) atoms. The summed E-state index contributed by atoms with van der Waals surface area (Å²) in [7, 11) is 0. The number of rotatable bonds is 0. The first kappa shape index (κ1) is 9.45. The molecule has 0 N–H and O–H groups in total. The molecular weight excluding hydrogens is 236 g/mol. The predicted molar refractivity (Wildman–Crippen MR) is 8.28 cm³/mol. The van der Waals surface area contributed by atoms with Gasteiger partial charge in [-0.2, -0.15) is 0 Å². The van der Waals surface area contributed by atoms with Crippen molar-refractivity contribution in [3.8, 4) is 0 Å². The van der Waals surface area contributed by atoms with Gasteiger partial charge in [0.25, 0.3) is 0 Å². The molecule has 4 heteroatoms. The van der Waals surface area contributed by atoms with Crippen molar-refractivity contribution in [2.45, 2.75) is 0 Å². The molecule has 0 amide bonds. The van der Waals surface area contributed by atoms with Gasteiger partial charge in [-0.25, -0.2) is 0 Å². The van der Waals surface area contributed by atoms with Crippen LogP contribution in [0.15, 0.2) is 0 Å². The molecule has 0 unspecified atom stereocenters. The standard InChI is InChI=1S/Ce.O.S.Ti. The van der Waals surface area contributed by atoms with Crippen LogP contribution in [-0.2, 0) is 23.7 Å². The molecule has 0 aliphatic heterocycles. The second-order valence-corrected chi connectivity index (χ2v) is 0. The van der Waals surface area contributed by atoms with E-state index in [1.807, 2.05) is 0 Å². The van der Waals surface area contributed by atoms with E-state index < -0.39 is 0 Å². The van der Waals surface area contributed by atoms with Gasteiger partial charge in [0.15, 0.2) is 0 Å². The Labute approximate surface area is 65.1 Å². The van der Waals surface area contributed by atoms with Crippen molar-refractivity contribution < 1.29 is 60.8 Å². The minimum absolute atomic E-state index is 0.750. The molecule has 0 rings (SSSR count). The van der Waals surface area contributed by atoms with E-state index in [0.29, 0.717) is 0 Å². The average molecular weight is 236 g/mol. The van der Waals surface area contributed by atoms with Crippen LogP contribution in [0.1, 0.15) is 0 Å². The Kier molecular flexibility index (Phi) is 45.8. The molecule has 0 saturated carbocycles. The first-order valence-electron chi connectivity index (χ1n) is 0.408. The van der Waals surface area contributed by atoms with Crippen LogP contribution >= 0.6 is 5.81 Å². The van der Waals surface area contributed by atoms with Crippen LogP contribution in [-0.4, -0.2) is 0 Å². The second-order valence-electron chi connectivity index (χ2n) is 0. The average Bonchev–Trinajstić information content (AvgIpc) is 1.50. The Bertz CT molecular complexity index is 10.0. The zero-order chi connectivity index (χ0) is 4.00. The molecule has 0 radical (unpaired) electrons. The van der Waals surface area contributed by atoms with Crippen LogP contribution in [0.2, 0.25) is 0 Å². The summed E-state index contributed by atoms with van der Waals surface area (Å²) >= 11 is 1.64. The Balaban J connectivity index is 0. The van der Waals surface area contributed by atoms with E-state index in [1.165, 1.54) is 0 Å². The van der Waals surface area contributed by atoms with E-state index in [0.717, 1.165) is 57.5 Å². The monoisotopic (exact) mass is 236 g/mol. The van der Waals surface area contributed by atoms with Crippen LogP contribution in [0.25, 0.3) is 0 Å². The Hall–Kier alpha value is 2.11. The van der Waals surface area contributed by atoms with Crippen LogP contribution in [0.5, 0.6) is 0 Å². The van der Waals surface area contributed by atoms with Crippen molar-refractivity contribution in [2.75, 3.05) is 0 Å². The van der Waals surface area contributed by atoms with Crippen LogP contribution < -0.4 is 0 Å². The molecule has 0 aliphatic rings. The Morgan fingerprint density at radius 3 is 1.50 bits per heavy atom. The van der Waals surface area contributed by atoms with Gasteiger partial charge in [-0.1, -0.05) is 0 Å². The third-order valence-electron chi connectivity index (χ3n) is 0. The van der Waals surface area contributed by atoms with E-state index >= 15 is 0 Å². The van der Waals surface area contributed by atoms with Gasteiger partial charge < -0.3 is 0 Å². The van der Waals surface area contributed by atoms with Gasteiger partial charge in [0.2, 0.25) is 0 Å². The van der Waals surface area contributed by atoms with Gasteiger partial charge in [0.1, 0.15) is 0 Å². The van der Waals surface area contributed by atoms with Crippen molar-refractivity contribution in [3.63, 3.8) is 0 Å². The normalized spacial score (nSPS) is 1.50. The fourth-order valence-electron chi connectivity index (χ4n) is 0. The quantitative estimate of drug-likeness (QED) is 0.570. The second kappa shape index (κ2) is 19.4. The fraction of sp³-hybridized carbons (Fsp3) is 0. The molecule has 0 aliphatic carbocycles. The van der Waals surface area contributed by atoms with E-state index in [2.05, 4.69) is 5.81 Å². The van der Waals surface area contributed by atoms with E-state index in [1.54, 1.807) is 0 Å². The molecule has 20 valence electrons. The molecule has 0 aromatic heterocycles. The van der Waals surface area contributed by atoms with Crippen LogP contribution in [0, 0.1) is 37.0 Å². The first-order valence-corrected chi connectivity index (χ1v) is 5.30. The van der Waals surface area contributed by atoms with Crippen molar-refractivity contribution in [3.05, 3.63) is 0 Å². The summed E-state index contributed by atoms with van der Waals surface area (Å²) in [4.78, 5) is 0. The van der Waals surface area contributed by atoms with Gasteiger partial charge in [-0.15, -0.1) is 0 Å². The zero-order valence-corrected chi connectivity index (χ0v) is 7.33. The van der Waals surface area contributed by atoms with Gasteiger partial charge in [0, 0.05) is 0 Å². The predicted octanol–water partition coefficient (Wildman–Crippen LogP) is 0.527. The van der Waals surface area contributed by atoms with Crippen molar-refractivity contribution in [1.82, 2.24) is 0 Å². The van der Waals surface area contributed by atoms with Crippen molar-refractivity contribution in [2.24, 2.45) is 0 Å². The van der Waals surface area contributed by atoms with Gasteiger partial charge in [-0.3, -0.25) is 0 Å². The third-order valence-corrected chi connectivity index (χ3v) is 0. The Morgan fingerprint density at radius 2 is 1.50 bits per heavy atom. The number of hydrogen-bond donors (Lipinski definition) is 0. The summed E-state index contributed by atoms with van der Waals surface area (Å²) in [5, 5.41) is 0. The maximum absolute atomic E-state index is 8.25. The minimum atomic E-state index is 0.750. The SMILES string of the molecule is [O]=[Ti].[S]=[Ce]. The molecule has 0 heterocycles. The Morgan fingerprint density at radius 1 is 1.50 bits per heavy atom. The molecule has 0 saturated heterocycles. The maximum atomic E-state index is 8.25. The van der Waals surface area contributed by atoms with Crippen LogP contribution in [0.4, 0.5) is 0 Å². The van der Waals surface area contributed by atoms with Crippen molar-refractivity contribution >= 4 is 5.81 Å². The first-order chi connectivity index (χ1) is 2.00. The summed E-state index contributed by atoms with van der Waals surface area (Å²) in [6, 6.07) is 0. The summed E-state index contributed by atoms with van der Waals surface area (Å²) in [5.41, 5.74) is 0. The molecule has 0 aromatic rings. The van der Waals surface area contributed by atoms with E-state index in [9.17, 15) is 0 Å². The summed E-state index contributed by atoms with van der Waals surface area (Å²) in [6.45, 7) is 0. The van der Waals surface area contributed by atoms with E-state index in [-0.39, 0.29) is 0 Å². The van der Waals surface area contributed by atoms with E-state index in [4.69, 9.17) is 3.32 Å². The zero-order valence-electron chi connectivity index (χ0n) is 1.82. The molecule has 0 bridgehead atoms. The molecule has 0 atom stereocenters. The molecular formula is CeOSTi. The fourth-order valence-corrected chi connectivity index (χ4v) is 0. The summed E-state index contributed by atoms with van der Waals surface area (Å²) in [5.74, 6) is 4.22. The summed E-state index contributed by atoms with van der Waals surface area (Å²) < 4.78 is 8.25. The number of hydrogen-bond acceptors (Lipinski definition) is 2.